The van der Waals surface area contributed by atoms with Crippen molar-refractivity contribution in [2.45, 2.75) is 39.7 Å². The van der Waals surface area contributed by atoms with Crippen LogP contribution in [0.1, 0.15) is 42.7 Å². The second-order valence-corrected chi connectivity index (χ2v) is 6.77. The van der Waals surface area contributed by atoms with E-state index in [0.717, 1.165) is 18.5 Å². The van der Waals surface area contributed by atoms with Crippen molar-refractivity contribution in [3.8, 4) is 0 Å². The van der Waals surface area contributed by atoms with Crippen molar-refractivity contribution in [1.82, 2.24) is 15.2 Å². The third-order valence-electron chi connectivity index (χ3n) is 3.87. The van der Waals surface area contributed by atoms with Crippen LogP contribution in [0.2, 0.25) is 0 Å². The Kier molecular flexibility index (Phi) is 5.56. The molecular weight excluding hydrogens is 346 g/mol. The van der Waals surface area contributed by atoms with Crippen molar-refractivity contribution >= 4 is 27.7 Å². The fourth-order valence-electron chi connectivity index (χ4n) is 2.57. The van der Waals surface area contributed by atoms with Crippen molar-refractivity contribution in [2.24, 2.45) is 5.92 Å². The number of nitrogens with one attached hydrogen (secondary N) is 1. The molecule has 1 N–H and O–H groups in total. The number of halogens is 1. The van der Waals surface area contributed by atoms with Gasteiger partial charge in [0.2, 0.25) is 5.91 Å². The Balaban J connectivity index is 1.90. The molecule has 0 radical (unpaired) electrons. The number of aromatic nitrogens is 1. The molecule has 2 rings (SSSR count). The fourth-order valence-corrected chi connectivity index (χ4v) is 3.16. The highest BCUT2D eigenvalue weighted by molar-refractivity contribution is 9.10. The lowest BCUT2D eigenvalue weighted by Crippen LogP contribution is -2.47. The number of likely N-dealkylation sites (tertiary alicyclic amines) is 1. The van der Waals surface area contributed by atoms with Gasteiger partial charge in [-0.3, -0.25) is 9.59 Å². The van der Waals surface area contributed by atoms with E-state index in [1.54, 1.807) is 6.07 Å². The van der Waals surface area contributed by atoms with Gasteiger partial charge in [0, 0.05) is 30.7 Å². The average Bonchev–Trinajstić information content (AvgIpc) is 2.47. The number of carbonyl (C=O) groups is 2. The number of nitrogens with zero attached hydrogens (tertiary/aromatic N) is 2. The summed E-state index contributed by atoms with van der Waals surface area (Å²) in [5, 5.41) is 3.04. The molecule has 0 unspecified atom stereocenters. The molecule has 22 heavy (non-hydrogen) atoms. The molecule has 0 saturated carbocycles. The van der Waals surface area contributed by atoms with Gasteiger partial charge < -0.3 is 10.2 Å². The first-order chi connectivity index (χ1) is 10.4. The Morgan fingerprint density at radius 1 is 1.32 bits per heavy atom. The zero-order chi connectivity index (χ0) is 16.3. The summed E-state index contributed by atoms with van der Waals surface area (Å²) in [7, 11) is 0. The molecule has 1 saturated heterocycles. The van der Waals surface area contributed by atoms with Gasteiger partial charge in [-0.15, -0.1) is 0 Å². The SMILES string of the molecule is Cc1ccc(C(=O)NC2CCN(C(=O)C(C)C)CC2)c(Br)n1. The molecule has 0 aromatic carbocycles. The number of hydrogen-bond acceptors (Lipinski definition) is 3. The van der Waals surface area contributed by atoms with E-state index in [1.165, 1.54) is 0 Å². The Labute approximate surface area is 139 Å². The molecule has 6 heteroatoms. The third kappa shape index (κ3) is 4.06. The maximum Gasteiger partial charge on any atom is 0.254 e. The van der Waals surface area contributed by atoms with Crippen LogP contribution in [-0.4, -0.2) is 40.8 Å². The van der Waals surface area contributed by atoms with Gasteiger partial charge >= 0.3 is 0 Å². The maximum absolute atomic E-state index is 12.3. The highest BCUT2D eigenvalue weighted by atomic mass is 79.9. The molecule has 1 fully saturated rings. The first-order valence-corrected chi connectivity index (χ1v) is 8.40. The van der Waals surface area contributed by atoms with E-state index < -0.39 is 0 Å². The van der Waals surface area contributed by atoms with Crippen LogP contribution in [0.4, 0.5) is 0 Å². The van der Waals surface area contributed by atoms with Gasteiger partial charge in [-0.2, -0.15) is 0 Å². The summed E-state index contributed by atoms with van der Waals surface area (Å²) in [6.45, 7) is 7.12. The predicted octanol–water partition coefficient (Wildman–Crippen LogP) is 2.53. The molecule has 1 aromatic rings. The van der Waals surface area contributed by atoms with Gasteiger partial charge in [0.1, 0.15) is 4.60 Å². The first kappa shape index (κ1) is 16.9. The number of piperidine rings is 1. The summed E-state index contributed by atoms with van der Waals surface area (Å²) in [4.78, 5) is 30.4. The monoisotopic (exact) mass is 367 g/mol. The largest absolute Gasteiger partial charge is 0.349 e. The zero-order valence-electron chi connectivity index (χ0n) is 13.2. The summed E-state index contributed by atoms with van der Waals surface area (Å²) in [6.07, 6.45) is 1.59. The quantitative estimate of drug-likeness (QED) is 0.834. The summed E-state index contributed by atoms with van der Waals surface area (Å²) in [5.74, 6) is 0.101. The standard InChI is InChI=1S/C16H22BrN3O2/c1-10(2)16(22)20-8-6-12(7-9-20)19-15(21)13-5-4-11(3)18-14(13)17/h4-5,10,12H,6-9H2,1-3H3,(H,19,21). The summed E-state index contributed by atoms with van der Waals surface area (Å²) >= 11 is 3.33. The Hall–Kier alpha value is -1.43. The van der Waals surface area contributed by atoms with Crippen LogP contribution in [-0.2, 0) is 4.79 Å². The van der Waals surface area contributed by atoms with Crippen LogP contribution < -0.4 is 5.32 Å². The van der Waals surface area contributed by atoms with Crippen molar-refractivity contribution in [1.29, 1.82) is 0 Å². The van der Waals surface area contributed by atoms with Gasteiger partial charge in [-0.1, -0.05) is 13.8 Å². The number of amides is 2. The number of carbonyl (C=O) groups excluding carboxylic acids is 2. The average molecular weight is 368 g/mol. The van der Waals surface area contributed by atoms with Gasteiger partial charge in [0.25, 0.3) is 5.91 Å². The number of pyridine rings is 1. The molecule has 0 spiro atoms. The topological polar surface area (TPSA) is 62.3 Å². The number of aryl methyl sites for hydroxylation is 1. The Morgan fingerprint density at radius 2 is 1.95 bits per heavy atom. The van der Waals surface area contributed by atoms with Crippen LogP contribution in [0, 0.1) is 12.8 Å². The van der Waals surface area contributed by atoms with Crippen molar-refractivity contribution in [2.75, 3.05) is 13.1 Å². The highest BCUT2D eigenvalue weighted by Crippen LogP contribution is 2.17. The van der Waals surface area contributed by atoms with E-state index in [1.807, 2.05) is 31.7 Å². The van der Waals surface area contributed by atoms with Crippen molar-refractivity contribution in [3.05, 3.63) is 28.0 Å². The van der Waals surface area contributed by atoms with Gasteiger partial charge in [0.05, 0.1) is 5.56 Å². The van der Waals surface area contributed by atoms with E-state index in [-0.39, 0.29) is 23.8 Å². The minimum atomic E-state index is -0.118. The lowest BCUT2D eigenvalue weighted by atomic mass is 10.0. The van der Waals surface area contributed by atoms with Crippen LogP contribution in [0.5, 0.6) is 0 Å². The molecule has 0 atom stereocenters. The molecule has 2 amide bonds. The summed E-state index contributed by atoms with van der Waals surface area (Å²) in [5.41, 5.74) is 1.41. The van der Waals surface area contributed by atoms with E-state index in [2.05, 4.69) is 26.2 Å². The second-order valence-electron chi connectivity index (χ2n) is 6.02. The summed E-state index contributed by atoms with van der Waals surface area (Å²) < 4.78 is 0.567. The van der Waals surface area contributed by atoms with Crippen LogP contribution in [0.3, 0.4) is 0 Å². The van der Waals surface area contributed by atoms with Crippen LogP contribution >= 0.6 is 15.9 Å². The van der Waals surface area contributed by atoms with Gasteiger partial charge in [0.15, 0.2) is 0 Å². The molecule has 0 aliphatic carbocycles. The van der Waals surface area contributed by atoms with E-state index in [0.29, 0.717) is 23.3 Å². The van der Waals surface area contributed by atoms with Gasteiger partial charge in [-0.25, -0.2) is 4.98 Å². The van der Waals surface area contributed by atoms with E-state index in [9.17, 15) is 9.59 Å². The minimum absolute atomic E-state index is 0.0285. The Bertz CT molecular complexity index is 567. The second kappa shape index (κ2) is 7.22. The minimum Gasteiger partial charge on any atom is -0.349 e. The molecule has 5 nitrogen and oxygen atoms in total. The van der Waals surface area contributed by atoms with Crippen molar-refractivity contribution < 1.29 is 9.59 Å². The fraction of sp³-hybridized carbons (Fsp3) is 0.562. The summed E-state index contributed by atoms with van der Waals surface area (Å²) in [6, 6.07) is 3.71. The number of rotatable bonds is 3. The molecular formula is C16H22BrN3O2. The lowest BCUT2D eigenvalue weighted by Gasteiger charge is -2.33. The molecule has 120 valence electrons. The van der Waals surface area contributed by atoms with E-state index in [4.69, 9.17) is 0 Å². The molecule has 1 aliphatic rings. The van der Waals surface area contributed by atoms with Crippen LogP contribution in [0.15, 0.2) is 16.7 Å². The smallest absolute Gasteiger partial charge is 0.254 e. The highest BCUT2D eigenvalue weighted by Gasteiger charge is 2.25. The first-order valence-electron chi connectivity index (χ1n) is 7.61. The normalized spacial score (nSPS) is 16.0. The number of hydrogen-bond donors (Lipinski definition) is 1. The van der Waals surface area contributed by atoms with E-state index >= 15 is 0 Å². The van der Waals surface area contributed by atoms with Crippen LogP contribution in [0.25, 0.3) is 0 Å². The molecule has 2 heterocycles. The predicted molar refractivity (Wildman–Crippen MR) is 88.6 cm³/mol. The molecule has 1 aliphatic heterocycles. The lowest BCUT2D eigenvalue weighted by molar-refractivity contribution is -0.135. The molecule has 1 aromatic heterocycles. The van der Waals surface area contributed by atoms with Crippen molar-refractivity contribution in [3.63, 3.8) is 0 Å². The molecule has 0 bridgehead atoms. The van der Waals surface area contributed by atoms with Gasteiger partial charge in [-0.05, 0) is 47.8 Å². The Morgan fingerprint density at radius 3 is 2.50 bits per heavy atom. The zero-order valence-corrected chi connectivity index (χ0v) is 14.8. The third-order valence-corrected chi connectivity index (χ3v) is 4.47. The maximum atomic E-state index is 12.3.